The van der Waals surface area contributed by atoms with Gasteiger partial charge in [0.1, 0.15) is 0 Å². The molecule has 2 aliphatic rings. The maximum Gasteiger partial charge on any atom is 0.0400 e. The van der Waals surface area contributed by atoms with Crippen LogP contribution in [-0.2, 0) is 6.42 Å². The van der Waals surface area contributed by atoms with Crippen LogP contribution >= 0.6 is 0 Å². The van der Waals surface area contributed by atoms with E-state index in [0.29, 0.717) is 0 Å². The molecule has 1 aromatic rings. The number of piperazine rings is 1. The zero-order valence-corrected chi connectivity index (χ0v) is 11.9. The van der Waals surface area contributed by atoms with Crippen molar-refractivity contribution in [3.05, 3.63) is 29.3 Å². The molecule has 0 spiro atoms. The van der Waals surface area contributed by atoms with Crippen LogP contribution in [-0.4, -0.2) is 43.7 Å². The average molecular weight is 259 g/mol. The third kappa shape index (κ3) is 2.93. The Morgan fingerprint density at radius 1 is 1.16 bits per heavy atom. The molecule has 2 fully saturated rings. The molecule has 1 aromatic carbocycles. The molecule has 1 aliphatic carbocycles. The van der Waals surface area contributed by atoms with E-state index in [2.05, 4.69) is 34.9 Å². The first kappa shape index (κ1) is 12.9. The van der Waals surface area contributed by atoms with Crippen LogP contribution in [0.5, 0.6) is 0 Å². The van der Waals surface area contributed by atoms with Crippen LogP contribution in [0.15, 0.2) is 18.2 Å². The standard InChI is InChI=1S/C16H25N3/c1-13-2-5-16(14(12-13)6-7-17)19-10-8-18(9-11-19)15-3-4-15/h2,5,12,15H,3-4,6-11,17H2,1H3. The largest absolute Gasteiger partial charge is 0.369 e. The highest BCUT2D eigenvalue weighted by molar-refractivity contribution is 5.55. The fraction of sp³-hybridized carbons (Fsp3) is 0.625. The van der Waals surface area contributed by atoms with Gasteiger partial charge in [-0.3, -0.25) is 4.90 Å². The summed E-state index contributed by atoms with van der Waals surface area (Å²) in [6, 6.07) is 7.72. The number of nitrogens with zero attached hydrogens (tertiary/aromatic N) is 2. The molecule has 3 rings (SSSR count). The normalized spacial score (nSPS) is 20.8. The lowest BCUT2D eigenvalue weighted by atomic mass is 10.0. The quantitative estimate of drug-likeness (QED) is 0.894. The molecule has 0 amide bonds. The molecule has 1 heterocycles. The molecule has 19 heavy (non-hydrogen) atoms. The summed E-state index contributed by atoms with van der Waals surface area (Å²) in [6.45, 7) is 7.67. The van der Waals surface area contributed by atoms with Crippen LogP contribution in [0.3, 0.4) is 0 Å². The van der Waals surface area contributed by atoms with Crippen molar-refractivity contribution in [1.29, 1.82) is 0 Å². The Morgan fingerprint density at radius 2 is 1.89 bits per heavy atom. The lowest BCUT2D eigenvalue weighted by Crippen LogP contribution is -2.47. The zero-order valence-electron chi connectivity index (χ0n) is 11.9. The first-order valence-corrected chi connectivity index (χ1v) is 7.56. The first-order valence-electron chi connectivity index (χ1n) is 7.56. The van der Waals surface area contributed by atoms with Crippen molar-refractivity contribution < 1.29 is 0 Å². The van der Waals surface area contributed by atoms with E-state index in [9.17, 15) is 0 Å². The highest BCUT2D eigenvalue weighted by atomic mass is 15.3. The van der Waals surface area contributed by atoms with Crippen molar-refractivity contribution in [3.63, 3.8) is 0 Å². The molecule has 1 aliphatic heterocycles. The van der Waals surface area contributed by atoms with E-state index in [4.69, 9.17) is 5.73 Å². The summed E-state index contributed by atoms with van der Waals surface area (Å²) in [6.07, 6.45) is 3.83. The summed E-state index contributed by atoms with van der Waals surface area (Å²) in [7, 11) is 0. The van der Waals surface area contributed by atoms with Gasteiger partial charge in [-0.25, -0.2) is 0 Å². The summed E-state index contributed by atoms with van der Waals surface area (Å²) >= 11 is 0. The smallest absolute Gasteiger partial charge is 0.0400 e. The number of hydrogen-bond donors (Lipinski definition) is 1. The van der Waals surface area contributed by atoms with Crippen LogP contribution in [0, 0.1) is 6.92 Å². The maximum absolute atomic E-state index is 5.75. The minimum Gasteiger partial charge on any atom is -0.369 e. The van der Waals surface area contributed by atoms with Crippen LogP contribution in [0.4, 0.5) is 5.69 Å². The predicted octanol–water partition coefficient (Wildman–Crippen LogP) is 1.78. The van der Waals surface area contributed by atoms with Gasteiger partial charge in [0, 0.05) is 37.9 Å². The van der Waals surface area contributed by atoms with E-state index >= 15 is 0 Å². The summed E-state index contributed by atoms with van der Waals surface area (Å²) in [5, 5.41) is 0. The molecule has 3 nitrogen and oxygen atoms in total. The van der Waals surface area contributed by atoms with Crippen LogP contribution in [0.1, 0.15) is 24.0 Å². The van der Waals surface area contributed by atoms with E-state index in [0.717, 1.165) is 32.1 Å². The van der Waals surface area contributed by atoms with Crippen molar-refractivity contribution in [1.82, 2.24) is 4.90 Å². The van der Waals surface area contributed by atoms with Gasteiger partial charge in [0.2, 0.25) is 0 Å². The van der Waals surface area contributed by atoms with Gasteiger partial charge in [-0.1, -0.05) is 17.7 Å². The number of anilines is 1. The monoisotopic (exact) mass is 259 g/mol. The first-order chi connectivity index (χ1) is 9.28. The average Bonchev–Trinajstić information content (AvgIpc) is 3.24. The Balaban J connectivity index is 1.71. The summed E-state index contributed by atoms with van der Waals surface area (Å²) in [4.78, 5) is 5.20. The Labute approximate surface area is 116 Å². The van der Waals surface area contributed by atoms with Gasteiger partial charge in [0.15, 0.2) is 0 Å². The summed E-state index contributed by atoms with van der Waals surface area (Å²) in [5.41, 5.74) is 9.92. The minimum absolute atomic E-state index is 0.735. The molecule has 1 saturated heterocycles. The Morgan fingerprint density at radius 3 is 2.53 bits per heavy atom. The van der Waals surface area contributed by atoms with E-state index in [-0.39, 0.29) is 0 Å². The minimum atomic E-state index is 0.735. The lowest BCUT2D eigenvalue weighted by molar-refractivity contribution is 0.248. The Hall–Kier alpha value is -1.06. The molecule has 3 heteroatoms. The van der Waals surface area contributed by atoms with Gasteiger partial charge in [0.05, 0.1) is 0 Å². The Kier molecular flexibility index (Phi) is 3.76. The molecule has 104 valence electrons. The third-order valence-electron chi connectivity index (χ3n) is 4.37. The summed E-state index contributed by atoms with van der Waals surface area (Å²) < 4.78 is 0. The van der Waals surface area contributed by atoms with Crippen molar-refractivity contribution in [3.8, 4) is 0 Å². The molecular weight excluding hydrogens is 234 g/mol. The van der Waals surface area contributed by atoms with Gasteiger partial charge in [-0.05, 0) is 44.4 Å². The second-order valence-electron chi connectivity index (χ2n) is 5.93. The molecule has 1 saturated carbocycles. The topological polar surface area (TPSA) is 32.5 Å². The van der Waals surface area contributed by atoms with Crippen LogP contribution in [0.25, 0.3) is 0 Å². The molecule has 0 radical (unpaired) electrons. The van der Waals surface area contributed by atoms with Crippen molar-refractivity contribution in [2.75, 3.05) is 37.6 Å². The number of nitrogens with two attached hydrogens (primary N) is 1. The fourth-order valence-corrected chi connectivity index (χ4v) is 3.15. The van der Waals surface area contributed by atoms with Gasteiger partial charge < -0.3 is 10.6 Å². The molecule has 0 unspecified atom stereocenters. The number of aryl methyl sites for hydroxylation is 1. The maximum atomic E-state index is 5.75. The van der Waals surface area contributed by atoms with Crippen LogP contribution < -0.4 is 10.6 Å². The highest BCUT2D eigenvalue weighted by Gasteiger charge is 2.31. The van der Waals surface area contributed by atoms with Gasteiger partial charge in [-0.15, -0.1) is 0 Å². The SMILES string of the molecule is Cc1ccc(N2CCN(C3CC3)CC2)c(CCN)c1. The van der Waals surface area contributed by atoms with Crippen molar-refractivity contribution in [2.45, 2.75) is 32.2 Å². The second kappa shape index (κ2) is 5.51. The molecular formula is C16H25N3. The third-order valence-corrected chi connectivity index (χ3v) is 4.37. The number of hydrogen-bond acceptors (Lipinski definition) is 3. The molecule has 2 N–H and O–H groups in total. The van der Waals surface area contributed by atoms with E-state index in [1.165, 1.54) is 42.7 Å². The van der Waals surface area contributed by atoms with Crippen molar-refractivity contribution in [2.24, 2.45) is 5.73 Å². The van der Waals surface area contributed by atoms with E-state index in [1.54, 1.807) is 0 Å². The van der Waals surface area contributed by atoms with E-state index < -0.39 is 0 Å². The zero-order chi connectivity index (χ0) is 13.2. The highest BCUT2D eigenvalue weighted by Crippen LogP contribution is 2.29. The van der Waals surface area contributed by atoms with Gasteiger partial charge in [-0.2, -0.15) is 0 Å². The number of rotatable bonds is 4. The lowest BCUT2D eigenvalue weighted by Gasteiger charge is -2.37. The van der Waals surface area contributed by atoms with Gasteiger partial charge in [0.25, 0.3) is 0 Å². The predicted molar refractivity (Wildman–Crippen MR) is 80.7 cm³/mol. The second-order valence-corrected chi connectivity index (χ2v) is 5.93. The number of benzene rings is 1. The Bertz CT molecular complexity index is 432. The summed E-state index contributed by atoms with van der Waals surface area (Å²) in [5.74, 6) is 0. The van der Waals surface area contributed by atoms with Gasteiger partial charge >= 0.3 is 0 Å². The van der Waals surface area contributed by atoms with Crippen molar-refractivity contribution >= 4 is 5.69 Å². The fourth-order valence-electron chi connectivity index (χ4n) is 3.15. The molecule has 0 bridgehead atoms. The molecule has 0 aromatic heterocycles. The molecule has 0 atom stereocenters. The van der Waals surface area contributed by atoms with E-state index in [1.807, 2.05) is 0 Å². The van der Waals surface area contributed by atoms with Crippen LogP contribution in [0.2, 0.25) is 0 Å².